The van der Waals surface area contributed by atoms with Gasteiger partial charge in [-0.1, -0.05) is 35.9 Å². The van der Waals surface area contributed by atoms with Crippen molar-refractivity contribution in [2.75, 3.05) is 0 Å². The zero-order chi connectivity index (χ0) is 10.8. The average Bonchev–Trinajstić information content (AvgIpc) is 2.50. The molecular weight excluding hydrogens is 322 g/mol. The van der Waals surface area contributed by atoms with Gasteiger partial charge >= 0.3 is 0 Å². The van der Waals surface area contributed by atoms with Crippen molar-refractivity contribution in [1.29, 1.82) is 0 Å². The second kappa shape index (κ2) is 4.53. The van der Waals surface area contributed by atoms with E-state index in [9.17, 15) is 0 Å². The van der Waals surface area contributed by atoms with Crippen LogP contribution in [0.15, 0.2) is 30.5 Å². The first-order valence-corrected chi connectivity index (χ1v) is 6.05. The summed E-state index contributed by atoms with van der Waals surface area (Å²) in [4.78, 5) is 0. The van der Waals surface area contributed by atoms with Crippen LogP contribution in [0.1, 0.15) is 11.1 Å². The van der Waals surface area contributed by atoms with Crippen molar-refractivity contribution in [1.82, 2.24) is 9.78 Å². The first kappa shape index (κ1) is 11.0. The Kier molecular flexibility index (Phi) is 3.31. The summed E-state index contributed by atoms with van der Waals surface area (Å²) in [5.74, 6) is 0. The van der Waals surface area contributed by atoms with Crippen molar-refractivity contribution in [3.8, 4) is 0 Å². The molecule has 2 nitrogen and oxygen atoms in total. The van der Waals surface area contributed by atoms with Gasteiger partial charge in [-0.05, 0) is 40.6 Å². The molecule has 15 heavy (non-hydrogen) atoms. The highest BCUT2D eigenvalue weighted by molar-refractivity contribution is 14.1. The SMILES string of the molecule is Cc1ccccc1Cn1cc(Cl)c(I)n1. The quantitative estimate of drug-likeness (QED) is 0.770. The summed E-state index contributed by atoms with van der Waals surface area (Å²) < 4.78 is 2.72. The van der Waals surface area contributed by atoms with E-state index in [-0.39, 0.29) is 0 Å². The average molecular weight is 333 g/mol. The number of hydrogen-bond acceptors (Lipinski definition) is 1. The van der Waals surface area contributed by atoms with Gasteiger partial charge < -0.3 is 0 Å². The van der Waals surface area contributed by atoms with E-state index in [4.69, 9.17) is 11.6 Å². The minimum atomic E-state index is 0.712. The lowest BCUT2D eigenvalue weighted by molar-refractivity contribution is 0.678. The summed E-state index contributed by atoms with van der Waals surface area (Å²) in [5.41, 5.74) is 2.55. The monoisotopic (exact) mass is 332 g/mol. The Morgan fingerprint density at radius 3 is 2.73 bits per heavy atom. The van der Waals surface area contributed by atoms with Gasteiger partial charge in [-0.15, -0.1) is 0 Å². The van der Waals surface area contributed by atoms with E-state index >= 15 is 0 Å². The lowest BCUT2D eigenvalue weighted by Crippen LogP contribution is -2.01. The van der Waals surface area contributed by atoms with Gasteiger partial charge in [-0.25, -0.2) is 0 Å². The maximum atomic E-state index is 5.94. The van der Waals surface area contributed by atoms with Crippen molar-refractivity contribution in [3.05, 3.63) is 50.3 Å². The molecule has 0 aliphatic rings. The molecule has 0 N–H and O–H groups in total. The van der Waals surface area contributed by atoms with Gasteiger partial charge in [0.25, 0.3) is 0 Å². The van der Waals surface area contributed by atoms with Crippen LogP contribution < -0.4 is 0 Å². The van der Waals surface area contributed by atoms with Crippen LogP contribution in [0.25, 0.3) is 0 Å². The van der Waals surface area contributed by atoms with Crippen LogP contribution in [-0.2, 0) is 6.54 Å². The number of hydrogen-bond donors (Lipinski definition) is 0. The molecule has 0 aliphatic carbocycles. The number of rotatable bonds is 2. The number of nitrogens with zero attached hydrogens (tertiary/aromatic N) is 2. The topological polar surface area (TPSA) is 17.8 Å². The lowest BCUT2D eigenvalue weighted by Gasteiger charge is -2.04. The van der Waals surface area contributed by atoms with E-state index in [1.807, 2.05) is 23.0 Å². The Labute approximate surface area is 107 Å². The standard InChI is InChI=1S/C11H10ClIN2/c1-8-4-2-3-5-9(8)6-15-7-10(12)11(13)14-15/h2-5,7H,6H2,1H3. The predicted octanol–water partition coefficient (Wildman–Crippen LogP) is 3.50. The third-order valence-corrected chi connectivity index (χ3v) is 3.66. The number of benzene rings is 1. The molecule has 1 aromatic heterocycles. The first-order valence-electron chi connectivity index (χ1n) is 4.60. The summed E-state index contributed by atoms with van der Waals surface area (Å²) in [6, 6.07) is 8.29. The van der Waals surface area contributed by atoms with Gasteiger partial charge in [0.05, 0.1) is 11.6 Å². The molecule has 4 heteroatoms. The largest absolute Gasteiger partial charge is 0.266 e. The van der Waals surface area contributed by atoms with Crippen LogP contribution in [0, 0.1) is 10.6 Å². The summed E-state index contributed by atoms with van der Waals surface area (Å²) >= 11 is 8.08. The molecule has 0 saturated carbocycles. The summed E-state index contributed by atoms with van der Waals surface area (Å²) in [7, 11) is 0. The Balaban J connectivity index is 2.26. The number of aromatic nitrogens is 2. The fraction of sp³-hybridized carbons (Fsp3) is 0.182. The summed E-state index contributed by atoms with van der Waals surface area (Å²) in [6.07, 6.45) is 1.86. The van der Waals surface area contributed by atoms with Crippen molar-refractivity contribution in [3.63, 3.8) is 0 Å². The molecule has 0 bridgehead atoms. The van der Waals surface area contributed by atoms with Gasteiger partial charge in [-0.3, -0.25) is 4.68 Å². The van der Waals surface area contributed by atoms with Gasteiger partial charge in [-0.2, -0.15) is 5.10 Å². The summed E-state index contributed by atoms with van der Waals surface area (Å²) in [5, 5.41) is 5.03. The summed E-state index contributed by atoms with van der Waals surface area (Å²) in [6.45, 7) is 2.88. The Morgan fingerprint density at radius 2 is 2.13 bits per heavy atom. The van der Waals surface area contributed by atoms with E-state index in [2.05, 4.69) is 46.7 Å². The third kappa shape index (κ3) is 2.52. The molecule has 0 saturated heterocycles. The molecule has 2 rings (SSSR count). The highest BCUT2D eigenvalue weighted by atomic mass is 127. The van der Waals surface area contributed by atoms with E-state index in [1.165, 1.54) is 11.1 Å². The molecule has 1 aromatic carbocycles. The third-order valence-electron chi connectivity index (χ3n) is 2.27. The zero-order valence-corrected chi connectivity index (χ0v) is 11.2. The predicted molar refractivity (Wildman–Crippen MR) is 70.2 cm³/mol. The highest BCUT2D eigenvalue weighted by Gasteiger charge is 2.04. The van der Waals surface area contributed by atoms with Crippen LogP contribution in [0.5, 0.6) is 0 Å². The molecule has 0 amide bonds. The maximum absolute atomic E-state index is 5.94. The molecule has 0 fully saturated rings. The number of halogens is 2. The Bertz CT molecular complexity index is 460. The molecule has 0 unspecified atom stereocenters. The van der Waals surface area contributed by atoms with Gasteiger partial charge in [0, 0.05) is 6.20 Å². The fourth-order valence-electron chi connectivity index (χ4n) is 1.42. The Morgan fingerprint density at radius 1 is 1.40 bits per heavy atom. The smallest absolute Gasteiger partial charge is 0.141 e. The van der Waals surface area contributed by atoms with Crippen LogP contribution in [-0.4, -0.2) is 9.78 Å². The Hall–Kier alpha value is -0.550. The molecular formula is C11H10ClIN2. The van der Waals surface area contributed by atoms with E-state index in [1.54, 1.807) is 0 Å². The maximum Gasteiger partial charge on any atom is 0.141 e. The molecule has 1 heterocycles. The normalized spacial score (nSPS) is 10.6. The minimum Gasteiger partial charge on any atom is -0.266 e. The molecule has 2 aromatic rings. The first-order chi connectivity index (χ1) is 7.16. The molecule has 0 atom stereocenters. The van der Waals surface area contributed by atoms with Crippen LogP contribution in [0.4, 0.5) is 0 Å². The van der Waals surface area contributed by atoms with E-state index in [0.29, 0.717) is 5.02 Å². The molecule has 0 spiro atoms. The van der Waals surface area contributed by atoms with E-state index in [0.717, 1.165) is 10.2 Å². The van der Waals surface area contributed by atoms with Crippen LogP contribution in [0.3, 0.4) is 0 Å². The zero-order valence-electron chi connectivity index (χ0n) is 8.24. The molecule has 0 aliphatic heterocycles. The fourth-order valence-corrected chi connectivity index (χ4v) is 1.98. The minimum absolute atomic E-state index is 0.712. The van der Waals surface area contributed by atoms with Gasteiger partial charge in [0.2, 0.25) is 0 Å². The van der Waals surface area contributed by atoms with Crippen molar-refractivity contribution >= 4 is 34.2 Å². The highest BCUT2D eigenvalue weighted by Crippen LogP contribution is 2.17. The van der Waals surface area contributed by atoms with Crippen molar-refractivity contribution in [2.45, 2.75) is 13.5 Å². The number of aryl methyl sites for hydroxylation is 1. The second-order valence-electron chi connectivity index (χ2n) is 3.39. The lowest BCUT2D eigenvalue weighted by atomic mass is 10.1. The van der Waals surface area contributed by atoms with Gasteiger partial charge in [0.1, 0.15) is 3.70 Å². The molecule has 0 radical (unpaired) electrons. The van der Waals surface area contributed by atoms with Crippen LogP contribution in [0.2, 0.25) is 5.02 Å². The second-order valence-corrected chi connectivity index (χ2v) is 4.82. The van der Waals surface area contributed by atoms with Gasteiger partial charge in [0.15, 0.2) is 0 Å². The molecule has 78 valence electrons. The van der Waals surface area contributed by atoms with Crippen molar-refractivity contribution in [2.24, 2.45) is 0 Å². The van der Waals surface area contributed by atoms with Crippen LogP contribution >= 0.6 is 34.2 Å². The van der Waals surface area contributed by atoms with E-state index < -0.39 is 0 Å². The van der Waals surface area contributed by atoms with Crippen molar-refractivity contribution < 1.29 is 0 Å².